The van der Waals surface area contributed by atoms with Crippen LogP contribution in [0.4, 0.5) is 0 Å². The molecule has 0 bridgehead atoms. The molecule has 0 fully saturated rings. The molecule has 0 spiro atoms. The summed E-state index contributed by atoms with van der Waals surface area (Å²) >= 11 is 0. The second-order valence-corrected chi connectivity index (χ2v) is 17.4. The third-order valence-electron chi connectivity index (χ3n) is 8.05. The largest absolute Gasteiger partial charge is 0.263 e. The summed E-state index contributed by atoms with van der Waals surface area (Å²) in [5.74, 6) is 1.81. The van der Waals surface area contributed by atoms with Crippen molar-refractivity contribution < 1.29 is 0 Å². The number of hydrogen-bond donors (Lipinski definition) is 0. The Morgan fingerprint density at radius 2 is 0.739 bits per heavy atom. The Labute approximate surface area is 270 Å². The van der Waals surface area contributed by atoms with Crippen LogP contribution in [0.1, 0.15) is 0 Å². The number of benzene rings is 4. The first-order valence-corrected chi connectivity index (χ1v) is 18.9. The lowest BCUT2D eigenvalue weighted by Crippen LogP contribution is -2.37. The molecule has 0 aliphatic rings. The van der Waals surface area contributed by atoms with E-state index in [0.29, 0.717) is 17.5 Å². The Hall–Kier alpha value is -5.59. The Balaban J connectivity index is 1.23. The molecule has 7 rings (SSSR count). The molecule has 0 radical (unpaired) electrons. The van der Waals surface area contributed by atoms with Gasteiger partial charge in [-0.3, -0.25) is 9.97 Å². The minimum atomic E-state index is -1.35. The van der Waals surface area contributed by atoms with E-state index in [9.17, 15) is 0 Å². The van der Waals surface area contributed by atoms with E-state index in [1.165, 1.54) is 16.3 Å². The standard InChI is InChI=1S/C40H33N5Si/c1-46(2,3)37-19-17-28(18-20-37)31-15-10-16-32(21-31)33-22-34(25-41-24-33)35-23-36(27-42-26-35)40-44-38(29-11-6-4-7-12-29)43-39(45-40)30-13-8-5-9-14-30/h4-27H,1-3H3. The maximum atomic E-state index is 4.88. The number of rotatable bonds is 7. The average Bonchev–Trinajstić information content (AvgIpc) is 3.12. The predicted octanol–water partition coefficient (Wildman–Crippen LogP) is 9.21. The molecular weight excluding hydrogens is 579 g/mol. The van der Waals surface area contributed by atoms with Crippen LogP contribution in [0, 0.1) is 0 Å². The highest BCUT2D eigenvalue weighted by molar-refractivity contribution is 6.88. The van der Waals surface area contributed by atoms with Gasteiger partial charge in [0.2, 0.25) is 0 Å². The highest BCUT2D eigenvalue weighted by Crippen LogP contribution is 2.31. The van der Waals surface area contributed by atoms with Crippen LogP contribution in [0.2, 0.25) is 19.6 Å². The Morgan fingerprint density at radius 1 is 0.348 bits per heavy atom. The van der Waals surface area contributed by atoms with Crippen LogP contribution in [0.5, 0.6) is 0 Å². The molecule has 222 valence electrons. The number of nitrogens with zero attached hydrogens (tertiary/aromatic N) is 5. The maximum Gasteiger partial charge on any atom is 0.165 e. The van der Waals surface area contributed by atoms with Gasteiger partial charge in [0.15, 0.2) is 17.5 Å². The predicted molar refractivity (Wildman–Crippen MR) is 191 cm³/mol. The minimum absolute atomic E-state index is 0.569. The van der Waals surface area contributed by atoms with Gasteiger partial charge < -0.3 is 0 Å². The fraction of sp³-hybridized carbons (Fsp3) is 0.0750. The quantitative estimate of drug-likeness (QED) is 0.168. The molecule has 0 saturated heterocycles. The van der Waals surface area contributed by atoms with Crippen LogP contribution < -0.4 is 5.19 Å². The third kappa shape index (κ3) is 6.29. The Morgan fingerprint density at radius 3 is 1.26 bits per heavy atom. The summed E-state index contributed by atoms with van der Waals surface area (Å²) in [4.78, 5) is 23.8. The van der Waals surface area contributed by atoms with Gasteiger partial charge in [-0.05, 0) is 34.9 Å². The maximum absolute atomic E-state index is 4.88. The molecule has 4 aromatic carbocycles. The lowest BCUT2D eigenvalue weighted by Gasteiger charge is -2.17. The van der Waals surface area contributed by atoms with Gasteiger partial charge in [0.1, 0.15) is 0 Å². The van der Waals surface area contributed by atoms with Crippen molar-refractivity contribution in [1.82, 2.24) is 24.9 Å². The molecule has 46 heavy (non-hydrogen) atoms. The van der Waals surface area contributed by atoms with Crippen molar-refractivity contribution in [2.24, 2.45) is 0 Å². The number of hydrogen-bond acceptors (Lipinski definition) is 5. The van der Waals surface area contributed by atoms with Crippen molar-refractivity contribution in [1.29, 1.82) is 0 Å². The molecule has 0 aliphatic carbocycles. The molecule has 7 aromatic rings. The van der Waals surface area contributed by atoms with Crippen molar-refractivity contribution in [3.63, 3.8) is 0 Å². The second kappa shape index (κ2) is 12.4. The summed E-state index contributed by atoms with van der Waals surface area (Å²) in [5, 5.41) is 1.46. The van der Waals surface area contributed by atoms with E-state index in [-0.39, 0.29) is 0 Å². The number of pyridine rings is 2. The van der Waals surface area contributed by atoms with E-state index in [1.807, 2.05) is 79.3 Å². The van der Waals surface area contributed by atoms with E-state index in [4.69, 9.17) is 15.0 Å². The van der Waals surface area contributed by atoms with Crippen LogP contribution in [-0.4, -0.2) is 33.0 Å². The van der Waals surface area contributed by atoms with Gasteiger partial charge in [-0.15, -0.1) is 0 Å². The molecule has 0 N–H and O–H groups in total. The SMILES string of the molecule is C[Si](C)(C)c1ccc(-c2cccc(-c3cncc(-c4cncc(-c5nc(-c6ccccc6)nc(-c6ccccc6)n5)c4)c3)c2)cc1. The molecular formula is C40H33N5Si. The summed E-state index contributed by atoms with van der Waals surface area (Å²) in [6, 6.07) is 41.9. The summed E-state index contributed by atoms with van der Waals surface area (Å²) in [6.07, 6.45) is 7.45. The molecule has 0 saturated carbocycles. The first-order chi connectivity index (χ1) is 22.4. The minimum Gasteiger partial charge on any atom is -0.263 e. The van der Waals surface area contributed by atoms with E-state index in [2.05, 4.69) is 90.3 Å². The molecule has 0 aliphatic heterocycles. The van der Waals surface area contributed by atoms with E-state index >= 15 is 0 Å². The van der Waals surface area contributed by atoms with E-state index in [0.717, 1.165) is 38.9 Å². The van der Waals surface area contributed by atoms with Crippen molar-refractivity contribution in [2.45, 2.75) is 19.6 Å². The van der Waals surface area contributed by atoms with Gasteiger partial charge in [0, 0.05) is 58.2 Å². The molecule has 3 heterocycles. The first kappa shape index (κ1) is 29.1. The third-order valence-corrected chi connectivity index (χ3v) is 10.1. The second-order valence-electron chi connectivity index (χ2n) is 12.4. The normalized spacial score (nSPS) is 11.4. The fourth-order valence-electron chi connectivity index (χ4n) is 5.45. The van der Waals surface area contributed by atoms with Crippen LogP contribution in [0.15, 0.2) is 146 Å². The summed E-state index contributed by atoms with van der Waals surface area (Å²) < 4.78 is 0. The molecule has 6 heteroatoms. The smallest absolute Gasteiger partial charge is 0.165 e. The van der Waals surface area contributed by atoms with Gasteiger partial charge in [-0.25, -0.2) is 15.0 Å². The molecule has 0 unspecified atom stereocenters. The van der Waals surface area contributed by atoms with Crippen molar-refractivity contribution in [2.75, 3.05) is 0 Å². The Bertz CT molecular complexity index is 2070. The average molecular weight is 612 g/mol. The monoisotopic (exact) mass is 611 g/mol. The zero-order valence-electron chi connectivity index (χ0n) is 26.1. The van der Waals surface area contributed by atoms with Gasteiger partial charge in [-0.1, -0.05) is 128 Å². The first-order valence-electron chi connectivity index (χ1n) is 15.4. The zero-order valence-corrected chi connectivity index (χ0v) is 27.1. The van der Waals surface area contributed by atoms with Gasteiger partial charge in [0.25, 0.3) is 0 Å². The molecule has 0 amide bonds. The molecule has 0 atom stereocenters. The highest BCUT2D eigenvalue weighted by atomic mass is 28.3. The summed E-state index contributed by atoms with van der Waals surface area (Å²) in [6.45, 7) is 7.13. The topological polar surface area (TPSA) is 64.5 Å². The molecule has 5 nitrogen and oxygen atoms in total. The van der Waals surface area contributed by atoms with Crippen LogP contribution >= 0.6 is 0 Å². The summed E-state index contributed by atoms with van der Waals surface area (Å²) in [5.41, 5.74) is 9.13. The van der Waals surface area contributed by atoms with Crippen LogP contribution in [0.25, 0.3) is 67.5 Å². The van der Waals surface area contributed by atoms with Crippen molar-refractivity contribution in [3.8, 4) is 67.5 Å². The van der Waals surface area contributed by atoms with Gasteiger partial charge in [0.05, 0.1) is 8.07 Å². The van der Waals surface area contributed by atoms with Gasteiger partial charge in [-0.2, -0.15) is 0 Å². The van der Waals surface area contributed by atoms with E-state index < -0.39 is 8.07 Å². The van der Waals surface area contributed by atoms with Crippen molar-refractivity contribution in [3.05, 3.63) is 146 Å². The highest BCUT2D eigenvalue weighted by Gasteiger charge is 2.16. The van der Waals surface area contributed by atoms with Crippen LogP contribution in [-0.2, 0) is 0 Å². The number of aromatic nitrogens is 5. The van der Waals surface area contributed by atoms with E-state index in [1.54, 1.807) is 6.20 Å². The van der Waals surface area contributed by atoms with Crippen molar-refractivity contribution >= 4 is 13.3 Å². The van der Waals surface area contributed by atoms with Gasteiger partial charge >= 0.3 is 0 Å². The zero-order chi connectivity index (χ0) is 31.5. The lowest BCUT2D eigenvalue weighted by molar-refractivity contribution is 1.07. The Kier molecular flexibility index (Phi) is 7.87. The molecule has 3 aromatic heterocycles. The fourth-order valence-corrected chi connectivity index (χ4v) is 6.62. The summed E-state index contributed by atoms with van der Waals surface area (Å²) in [7, 11) is -1.35. The lowest BCUT2D eigenvalue weighted by atomic mass is 9.98. The van der Waals surface area contributed by atoms with Crippen LogP contribution in [0.3, 0.4) is 0 Å².